The van der Waals surface area contributed by atoms with Crippen LogP contribution in [0.15, 0.2) is 16.9 Å². The molecule has 0 spiro atoms. The zero-order valence-electron chi connectivity index (χ0n) is 10.7. The Balaban J connectivity index is 2.41. The number of rotatable bonds is 5. The number of hydrogen-bond acceptors (Lipinski definition) is 4. The van der Waals surface area contributed by atoms with Crippen LogP contribution in [0.3, 0.4) is 0 Å². The topological polar surface area (TPSA) is 49.2 Å². The van der Waals surface area contributed by atoms with Gasteiger partial charge in [-0.05, 0) is 35.8 Å². The molecule has 0 aliphatic heterocycles. The second-order valence-corrected chi connectivity index (χ2v) is 5.01. The zero-order chi connectivity index (χ0) is 13.1. The fourth-order valence-electron chi connectivity index (χ4n) is 1.77. The standard InChI is InChI=1S/C12H16BrN3O2/c1-8(2)16-10-6-11(13)14-7-9(10)15-12(16)18-5-4-17-3/h6-8H,4-5H2,1-3H3. The van der Waals surface area contributed by atoms with E-state index in [1.165, 1.54) is 0 Å². The molecule has 0 radical (unpaired) electrons. The molecule has 0 aliphatic carbocycles. The molecular weight excluding hydrogens is 298 g/mol. The van der Waals surface area contributed by atoms with Crippen molar-refractivity contribution in [2.45, 2.75) is 19.9 Å². The summed E-state index contributed by atoms with van der Waals surface area (Å²) in [7, 11) is 1.65. The second kappa shape index (κ2) is 5.67. The SMILES string of the molecule is COCCOc1nc2cnc(Br)cc2n1C(C)C. The Morgan fingerprint density at radius 2 is 2.17 bits per heavy atom. The largest absolute Gasteiger partial charge is 0.462 e. The maximum absolute atomic E-state index is 5.65. The van der Waals surface area contributed by atoms with E-state index in [1.54, 1.807) is 13.3 Å². The molecule has 0 fully saturated rings. The highest BCUT2D eigenvalue weighted by atomic mass is 79.9. The van der Waals surface area contributed by atoms with Gasteiger partial charge in [0.15, 0.2) is 0 Å². The number of nitrogens with zero attached hydrogens (tertiary/aromatic N) is 3. The molecule has 0 saturated carbocycles. The van der Waals surface area contributed by atoms with E-state index in [9.17, 15) is 0 Å². The Bertz CT molecular complexity index is 539. The Labute approximate surface area is 114 Å². The van der Waals surface area contributed by atoms with E-state index >= 15 is 0 Å². The molecule has 0 unspecified atom stereocenters. The molecule has 2 heterocycles. The Morgan fingerprint density at radius 3 is 2.83 bits per heavy atom. The molecule has 0 amide bonds. The first-order chi connectivity index (χ1) is 8.63. The molecule has 2 aromatic rings. The molecule has 0 aromatic carbocycles. The van der Waals surface area contributed by atoms with E-state index in [4.69, 9.17) is 9.47 Å². The van der Waals surface area contributed by atoms with Gasteiger partial charge < -0.3 is 9.47 Å². The van der Waals surface area contributed by atoms with E-state index in [0.29, 0.717) is 19.2 Å². The summed E-state index contributed by atoms with van der Waals surface area (Å²) in [6.07, 6.45) is 1.74. The van der Waals surface area contributed by atoms with Crippen molar-refractivity contribution >= 4 is 27.0 Å². The molecule has 2 aromatic heterocycles. The summed E-state index contributed by atoms with van der Waals surface area (Å²) in [5.74, 6) is 0. The van der Waals surface area contributed by atoms with Gasteiger partial charge in [-0.15, -0.1) is 0 Å². The summed E-state index contributed by atoms with van der Waals surface area (Å²) in [6.45, 7) is 5.22. The number of methoxy groups -OCH3 is 1. The van der Waals surface area contributed by atoms with E-state index in [-0.39, 0.29) is 6.04 Å². The maximum Gasteiger partial charge on any atom is 0.297 e. The summed E-state index contributed by atoms with van der Waals surface area (Å²) in [5, 5.41) is 0. The lowest BCUT2D eigenvalue weighted by Crippen LogP contribution is -2.10. The van der Waals surface area contributed by atoms with Gasteiger partial charge in [0.25, 0.3) is 6.01 Å². The summed E-state index contributed by atoms with van der Waals surface area (Å²) in [6, 6.07) is 2.82. The first-order valence-electron chi connectivity index (χ1n) is 5.78. The molecule has 2 rings (SSSR count). The number of halogens is 1. The predicted octanol–water partition coefficient (Wildman–Crippen LogP) is 2.80. The minimum absolute atomic E-state index is 0.266. The molecule has 6 heteroatoms. The van der Waals surface area contributed by atoms with Crippen molar-refractivity contribution in [2.75, 3.05) is 20.3 Å². The van der Waals surface area contributed by atoms with Gasteiger partial charge in [0, 0.05) is 13.2 Å². The first-order valence-corrected chi connectivity index (χ1v) is 6.58. The van der Waals surface area contributed by atoms with E-state index < -0.39 is 0 Å². The van der Waals surface area contributed by atoms with Crippen LogP contribution in [0, 0.1) is 0 Å². The van der Waals surface area contributed by atoms with Crippen molar-refractivity contribution in [3.8, 4) is 6.01 Å². The van der Waals surface area contributed by atoms with Gasteiger partial charge in [-0.2, -0.15) is 4.98 Å². The fraction of sp³-hybridized carbons (Fsp3) is 0.500. The predicted molar refractivity (Wildman–Crippen MR) is 73.0 cm³/mol. The third-order valence-corrected chi connectivity index (χ3v) is 2.98. The van der Waals surface area contributed by atoms with E-state index in [2.05, 4.69) is 44.3 Å². The first kappa shape index (κ1) is 13.3. The van der Waals surface area contributed by atoms with Crippen molar-refractivity contribution in [3.05, 3.63) is 16.9 Å². The third kappa shape index (κ3) is 2.64. The quantitative estimate of drug-likeness (QED) is 0.629. The monoisotopic (exact) mass is 313 g/mol. The van der Waals surface area contributed by atoms with Gasteiger partial charge in [-0.1, -0.05) is 0 Å². The number of hydrogen-bond donors (Lipinski definition) is 0. The van der Waals surface area contributed by atoms with Crippen molar-refractivity contribution < 1.29 is 9.47 Å². The minimum Gasteiger partial charge on any atom is -0.462 e. The zero-order valence-corrected chi connectivity index (χ0v) is 12.3. The van der Waals surface area contributed by atoms with Crippen LogP contribution in [-0.2, 0) is 4.74 Å². The molecule has 0 N–H and O–H groups in total. The number of pyridine rings is 1. The van der Waals surface area contributed by atoms with Crippen molar-refractivity contribution in [3.63, 3.8) is 0 Å². The summed E-state index contributed by atoms with van der Waals surface area (Å²) < 4.78 is 13.5. The van der Waals surface area contributed by atoms with Crippen LogP contribution in [0.25, 0.3) is 11.0 Å². The van der Waals surface area contributed by atoms with Crippen LogP contribution in [0.1, 0.15) is 19.9 Å². The Kier molecular flexibility index (Phi) is 4.19. The highest BCUT2D eigenvalue weighted by Crippen LogP contribution is 2.26. The molecular formula is C12H16BrN3O2. The smallest absolute Gasteiger partial charge is 0.297 e. The van der Waals surface area contributed by atoms with Gasteiger partial charge in [0.05, 0.1) is 18.3 Å². The number of ether oxygens (including phenoxy) is 2. The normalized spacial score (nSPS) is 11.4. The maximum atomic E-state index is 5.65. The molecule has 0 bridgehead atoms. The molecule has 0 atom stereocenters. The van der Waals surface area contributed by atoms with Crippen molar-refractivity contribution in [1.29, 1.82) is 0 Å². The van der Waals surface area contributed by atoms with Gasteiger partial charge in [0.2, 0.25) is 0 Å². The van der Waals surface area contributed by atoms with Gasteiger partial charge in [0.1, 0.15) is 16.7 Å². The fourth-order valence-corrected chi connectivity index (χ4v) is 2.09. The van der Waals surface area contributed by atoms with Gasteiger partial charge >= 0.3 is 0 Å². The van der Waals surface area contributed by atoms with Crippen LogP contribution >= 0.6 is 15.9 Å². The van der Waals surface area contributed by atoms with Crippen LogP contribution in [-0.4, -0.2) is 34.9 Å². The average Bonchev–Trinajstić information content (AvgIpc) is 2.67. The highest BCUT2D eigenvalue weighted by molar-refractivity contribution is 9.10. The average molecular weight is 314 g/mol. The summed E-state index contributed by atoms with van der Waals surface area (Å²) in [4.78, 5) is 8.63. The van der Waals surface area contributed by atoms with Gasteiger partial charge in [-0.3, -0.25) is 4.57 Å². The molecule has 18 heavy (non-hydrogen) atoms. The van der Waals surface area contributed by atoms with E-state index in [1.807, 2.05) is 6.07 Å². The van der Waals surface area contributed by atoms with Crippen molar-refractivity contribution in [1.82, 2.24) is 14.5 Å². The molecule has 0 aliphatic rings. The second-order valence-electron chi connectivity index (χ2n) is 4.20. The highest BCUT2D eigenvalue weighted by Gasteiger charge is 2.15. The van der Waals surface area contributed by atoms with Crippen LogP contribution < -0.4 is 4.74 Å². The van der Waals surface area contributed by atoms with Crippen LogP contribution in [0.4, 0.5) is 0 Å². The van der Waals surface area contributed by atoms with Crippen molar-refractivity contribution in [2.24, 2.45) is 0 Å². The lowest BCUT2D eigenvalue weighted by atomic mass is 10.3. The number of aromatic nitrogens is 3. The lowest BCUT2D eigenvalue weighted by molar-refractivity contribution is 0.137. The summed E-state index contributed by atoms with van der Waals surface area (Å²) >= 11 is 3.38. The molecule has 0 saturated heterocycles. The van der Waals surface area contributed by atoms with Gasteiger partial charge in [-0.25, -0.2) is 4.98 Å². The number of imidazole rings is 1. The third-order valence-electron chi connectivity index (χ3n) is 2.55. The van der Waals surface area contributed by atoms with Crippen LogP contribution in [0.5, 0.6) is 6.01 Å². The molecule has 5 nitrogen and oxygen atoms in total. The Hall–Kier alpha value is -1.14. The Morgan fingerprint density at radius 1 is 1.39 bits per heavy atom. The summed E-state index contributed by atoms with van der Waals surface area (Å²) in [5.41, 5.74) is 1.85. The molecule has 98 valence electrons. The number of fused-ring (bicyclic) bond motifs is 1. The lowest BCUT2D eigenvalue weighted by Gasteiger charge is -2.13. The van der Waals surface area contributed by atoms with E-state index in [0.717, 1.165) is 15.6 Å². The minimum atomic E-state index is 0.266. The van der Waals surface area contributed by atoms with Crippen LogP contribution in [0.2, 0.25) is 0 Å².